The molecule has 3 heteroatoms. The van der Waals surface area contributed by atoms with Crippen LogP contribution < -0.4 is 0 Å². The largest absolute Gasteiger partial charge is 0.481 e. The first-order valence-corrected chi connectivity index (χ1v) is 3.62. The van der Waals surface area contributed by atoms with Gasteiger partial charge in [-0.15, -0.1) is 11.6 Å². The molecule has 0 saturated heterocycles. The summed E-state index contributed by atoms with van der Waals surface area (Å²) in [5.41, 5.74) is 0. The van der Waals surface area contributed by atoms with Crippen molar-refractivity contribution in [3.8, 4) is 0 Å². The van der Waals surface area contributed by atoms with Gasteiger partial charge in [0.05, 0.1) is 5.92 Å². The zero-order valence-corrected chi connectivity index (χ0v) is 7.27. The third-order valence-electron chi connectivity index (χ3n) is 1.21. The molecular formula is C7H13ClO2. The predicted molar refractivity (Wildman–Crippen MR) is 41.3 cm³/mol. The highest BCUT2D eigenvalue weighted by Gasteiger charge is 2.21. The molecular weight excluding hydrogens is 152 g/mol. The summed E-state index contributed by atoms with van der Waals surface area (Å²) >= 11 is 5.81. The maximum absolute atomic E-state index is 10.3. The SMILES string of the molecule is CC(CC(C)(C)Cl)C(=O)O. The Balaban J connectivity index is 3.80. The van der Waals surface area contributed by atoms with Gasteiger partial charge in [0, 0.05) is 4.87 Å². The van der Waals surface area contributed by atoms with Gasteiger partial charge in [-0.25, -0.2) is 0 Å². The van der Waals surface area contributed by atoms with Crippen molar-refractivity contribution in [1.82, 2.24) is 0 Å². The summed E-state index contributed by atoms with van der Waals surface area (Å²) in [6.07, 6.45) is 0.504. The van der Waals surface area contributed by atoms with E-state index in [9.17, 15) is 4.79 Å². The van der Waals surface area contributed by atoms with Crippen molar-refractivity contribution in [3.05, 3.63) is 0 Å². The van der Waals surface area contributed by atoms with Crippen molar-refractivity contribution in [2.45, 2.75) is 32.1 Å². The Morgan fingerprint density at radius 3 is 2.20 bits per heavy atom. The molecule has 0 amide bonds. The van der Waals surface area contributed by atoms with E-state index in [0.717, 1.165) is 0 Å². The van der Waals surface area contributed by atoms with Crippen LogP contribution in [0.15, 0.2) is 0 Å². The van der Waals surface area contributed by atoms with E-state index in [0.29, 0.717) is 6.42 Å². The number of rotatable bonds is 3. The van der Waals surface area contributed by atoms with Crippen LogP contribution in [0.3, 0.4) is 0 Å². The van der Waals surface area contributed by atoms with Gasteiger partial charge in [0.1, 0.15) is 0 Å². The molecule has 0 aliphatic rings. The Morgan fingerprint density at radius 2 is 2.10 bits per heavy atom. The van der Waals surface area contributed by atoms with Crippen molar-refractivity contribution in [2.75, 3.05) is 0 Å². The van der Waals surface area contributed by atoms with E-state index in [2.05, 4.69) is 0 Å². The summed E-state index contributed by atoms with van der Waals surface area (Å²) in [6.45, 7) is 5.29. The summed E-state index contributed by atoms with van der Waals surface area (Å²) in [6, 6.07) is 0. The van der Waals surface area contributed by atoms with Gasteiger partial charge in [0.15, 0.2) is 0 Å². The van der Waals surface area contributed by atoms with Crippen LogP contribution in [0.1, 0.15) is 27.2 Å². The molecule has 0 bridgehead atoms. The number of halogens is 1. The molecule has 0 heterocycles. The third kappa shape index (κ3) is 4.62. The van der Waals surface area contributed by atoms with Crippen LogP contribution in [0.4, 0.5) is 0 Å². The average Bonchev–Trinajstić information content (AvgIpc) is 1.60. The molecule has 10 heavy (non-hydrogen) atoms. The fourth-order valence-electron chi connectivity index (χ4n) is 0.815. The van der Waals surface area contributed by atoms with Crippen molar-refractivity contribution < 1.29 is 9.90 Å². The summed E-state index contributed by atoms with van der Waals surface area (Å²) in [4.78, 5) is 9.91. The Labute approximate surface area is 66.2 Å². The fourth-order valence-corrected chi connectivity index (χ4v) is 1.05. The van der Waals surface area contributed by atoms with E-state index < -0.39 is 10.8 Å². The van der Waals surface area contributed by atoms with Crippen molar-refractivity contribution in [1.29, 1.82) is 0 Å². The topological polar surface area (TPSA) is 37.3 Å². The van der Waals surface area contributed by atoms with Crippen LogP contribution in [0, 0.1) is 5.92 Å². The lowest BCUT2D eigenvalue weighted by atomic mass is 9.98. The van der Waals surface area contributed by atoms with Gasteiger partial charge in [0.2, 0.25) is 0 Å². The predicted octanol–water partition coefficient (Wildman–Crippen LogP) is 2.11. The molecule has 0 radical (unpaired) electrons. The summed E-state index contributed by atoms with van der Waals surface area (Å²) in [7, 11) is 0. The van der Waals surface area contributed by atoms with Crippen LogP contribution in [0.25, 0.3) is 0 Å². The van der Waals surface area contributed by atoms with Crippen molar-refractivity contribution >= 4 is 17.6 Å². The molecule has 60 valence electrons. The molecule has 0 aromatic carbocycles. The summed E-state index contributed by atoms with van der Waals surface area (Å²) in [5, 5.41) is 8.49. The van der Waals surface area contributed by atoms with Crippen LogP contribution in [0.2, 0.25) is 0 Å². The lowest BCUT2D eigenvalue weighted by Crippen LogP contribution is -2.20. The molecule has 0 saturated carbocycles. The van der Waals surface area contributed by atoms with E-state index in [-0.39, 0.29) is 5.92 Å². The molecule has 0 aliphatic heterocycles. The highest BCUT2D eigenvalue weighted by Crippen LogP contribution is 2.22. The second-order valence-corrected chi connectivity index (χ2v) is 4.19. The standard InChI is InChI=1S/C7H13ClO2/c1-5(6(9)10)4-7(2,3)8/h5H,4H2,1-3H3,(H,9,10). The second-order valence-electron chi connectivity index (χ2n) is 3.16. The minimum Gasteiger partial charge on any atom is -0.481 e. The van der Waals surface area contributed by atoms with E-state index in [1.165, 1.54) is 0 Å². The van der Waals surface area contributed by atoms with Gasteiger partial charge in [0.25, 0.3) is 0 Å². The number of carboxylic acid groups (broad SMARTS) is 1. The van der Waals surface area contributed by atoms with Gasteiger partial charge in [-0.2, -0.15) is 0 Å². The highest BCUT2D eigenvalue weighted by molar-refractivity contribution is 6.23. The molecule has 0 aromatic heterocycles. The van der Waals surface area contributed by atoms with Crippen LogP contribution >= 0.6 is 11.6 Å². The highest BCUT2D eigenvalue weighted by atomic mass is 35.5. The van der Waals surface area contributed by atoms with Crippen molar-refractivity contribution in [2.24, 2.45) is 5.92 Å². The van der Waals surface area contributed by atoms with Gasteiger partial charge in [-0.1, -0.05) is 6.92 Å². The molecule has 0 aliphatic carbocycles. The Bertz CT molecular complexity index is 126. The van der Waals surface area contributed by atoms with E-state index in [1.807, 2.05) is 13.8 Å². The Kier molecular flexibility index (Phi) is 3.16. The maximum atomic E-state index is 10.3. The number of hydrogen-bond acceptors (Lipinski definition) is 1. The number of carboxylic acids is 1. The number of hydrogen-bond donors (Lipinski definition) is 1. The molecule has 0 aromatic rings. The number of carbonyl (C=O) groups is 1. The summed E-state index contributed by atoms with van der Waals surface area (Å²) < 4.78 is 0. The molecule has 0 fully saturated rings. The third-order valence-corrected chi connectivity index (χ3v) is 1.37. The van der Waals surface area contributed by atoms with Gasteiger partial charge in [-0.3, -0.25) is 4.79 Å². The lowest BCUT2D eigenvalue weighted by molar-refractivity contribution is -0.141. The zero-order chi connectivity index (χ0) is 8.36. The monoisotopic (exact) mass is 164 g/mol. The van der Waals surface area contributed by atoms with Crippen molar-refractivity contribution in [3.63, 3.8) is 0 Å². The number of alkyl halides is 1. The van der Waals surface area contributed by atoms with Crippen LogP contribution in [0.5, 0.6) is 0 Å². The van der Waals surface area contributed by atoms with E-state index >= 15 is 0 Å². The molecule has 1 N–H and O–H groups in total. The van der Waals surface area contributed by atoms with Gasteiger partial charge < -0.3 is 5.11 Å². The fraction of sp³-hybridized carbons (Fsp3) is 0.857. The molecule has 1 unspecified atom stereocenters. The normalized spacial score (nSPS) is 14.8. The first kappa shape index (κ1) is 9.76. The first-order valence-electron chi connectivity index (χ1n) is 3.24. The van der Waals surface area contributed by atoms with E-state index in [4.69, 9.17) is 16.7 Å². The quantitative estimate of drug-likeness (QED) is 0.649. The molecule has 0 spiro atoms. The van der Waals surface area contributed by atoms with Crippen LogP contribution in [-0.2, 0) is 4.79 Å². The summed E-state index contributed by atoms with van der Waals surface area (Å²) in [5.74, 6) is -1.14. The molecule has 1 atom stereocenters. The minimum atomic E-state index is -0.784. The smallest absolute Gasteiger partial charge is 0.306 e. The molecule has 0 rings (SSSR count). The van der Waals surface area contributed by atoms with Crippen LogP contribution in [-0.4, -0.2) is 16.0 Å². The number of aliphatic carboxylic acids is 1. The first-order chi connectivity index (χ1) is 4.33. The Morgan fingerprint density at radius 1 is 1.70 bits per heavy atom. The van der Waals surface area contributed by atoms with Gasteiger partial charge >= 0.3 is 5.97 Å². The minimum absolute atomic E-state index is 0.354. The maximum Gasteiger partial charge on any atom is 0.306 e. The van der Waals surface area contributed by atoms with Gasteiger partial charge in [-0.05, 0) is 20.3 Å². The van der Waals surface area contributed by atoms with E-state index in [1.54, 1.807) is 6.92 Å². The zero-order valence-electron chi connectivity index (χ0n) is 6.52. The average molecular weight is 165 g/mol. The lowest BCUT2D eigenvalue weighted by Gasteiger charge is -2.17. The second kappa shape index (κ2) is 3.24. The molecule has 2 nitrogen and oxygen atoms in total. The Hall–Kier alpha value is -0.240.